The number of aromatic nitrogens is 2. The Kier molecular flexibility index (Phi) is 4.27. The molecule has 0 fully saturated rings. The molecule has 0 radical (unpaired) electrons. The number of aryl methyl sites for hydroxylation is 2. The predicted octanol–water partition coefficient (Wildman–Crippen LogP) is 1.72. The fourth-order valence-corrected chi connectivity index (χ4v) is 2.07. The molecule has 1 aromatic heterocycles. The van der Waals surface area contributed by atoms with Crippen molar-refractivity contribution < 1.29 is 14.7 Å². The van der Waals surface area contributed by atoms with Crippen LogP contribution in [-0.4, -0.2) is 27.2 Å². The molecule has 0 aliphatic heterocycles. The Morgan fingerprint density at radius 2 is 1.81 bits per heavy atom. The van der Waals surface area contributed by atoms with E-state index in [0.29, 0.717) is 16.8 Å². The Hall–Kier alpha value is -2.76. The van der Waals surface area contributed by atoms with E-state index in [1.54, 1.807) is 44.3 Å². The zero-order valence-corrected chi connectivity index (χ0v) is 11.8. The number of rotatable bonds is 4. The van der Waals surface area contributed by atoms with Crippen molar-refractivity contribution in [1.82, 2.24) is 15.5 Å². The van der Waals surface area contributed by atoms with Crippen molar-refractivity contribution in [2.24, 2.45) is 0 Å². The minimum absolute atomic E-state index is 0.0339. The van der Waals surface area contributed by atoms with E-state index in [2.05, 4.69) is 15.5 Å². The molecular weight excluding hydrogens is 270 g/mol. The third-order valence-corrected chi connectivity index (χ3v) is 3.12. The number of carbonyl (C=O) groups is 2. The molecule has 108 valence electrons. The van der Waals surface area contributed by atoms with Crippen LogP contribution in [0.3, 0.4) is 0 Å². The van der Waals surface area contributed by atoms with Gasteiger partial charge in [0.2, 0.25) is 0 Å². The van der Waals surface area contributed by atoms with E-state index in [0.717, 1.165) is 0 Å². The summed E-state index contributed by atoms with van der Waals surface area (Å²) < 4.78 is 0. The van der Waals surface area contributed by atoms with Crippen molar-refractivity contribution in [1.29, 1.82) is 0 Å². The molecule has 6 nitrogen and oxygen atoms in total. The van der Waals surface area contributed by atoms with E-state index in [9.17, 15) is 14.7 Å². The molecule has 1 aromatic carbocycles. The minimum Gasteiger partial charge on any atom is -0.478 e. The van der Waals surface area contributed by atoms with Gasteiger partial charge in [-0.1, -0.05) is 12.1 Å². The summed E-state index contributed by atoms with van der Waals surface area (Å²) in [6.45, 7) is 3.57. The van der Waals surface area contributed by atoms with Crippen molar-refractivity contribution in [3.8, 4) is 0 Å². The van der Waals surface area contributed by atoms with E-state index in [4.69, 9.17) is 0 Å². The van der Waals surface area contributed by atoms with Gasteiger partial charge in [-0.25, -0.2) is 4.79 Å². The summed E-state index contributed by atoms with van der Waals surface area (Å²) in [4.78, 5) is 23.7. The number of hydrogen-bond acceptors (Lipinski definition) is 4. The molecule has 0 unspecified atom stereocenters. The molecule has 1 heterocycles. The number of aromatic carboxylic acids is 1. The summed E-state index contributed by atoms with van der Waals surface area (Å²) in [5.41, 5.74) is 2.00. The largest absolute Gasteiger partial charge is 0.478 e. The van der Waals surface area contributed by atoms with Gasteiger partial charge in [0.05, 0.1) is 23.4 Å². The van der Waals surface area contributed by atoms with E-state index >= 15 is 0 Å². The Balaban J connectivity index is 2.27. The molecule has 0 bridgehead atoms. The lowest BCUT2D eigenvalue weighted by Gasteiger charge is -2.12. The van der Waals surface area contributed by atoms with Crippen LogP contribution >= 0.6 is 0 Å². The second-order valence-electron chi connectivity index (χ2n) is 4.65. The molecule has 1 amide bonds. The highest BCUT2D eigenvalue weighted by atomic mass is 16.4. The number of carbonyl (C=O) groups excluding carboxylic acids is 1. The molecule has 2 N–H and O–H groups in total. The van der Waals surface area contributed by atoms with Crippen molar-refractivity contribution in [3.05, 3.63) is 58.4 Å². The average molecular weight is 285 g/mol. The van der Waals surface area contributed by atoms with Crippen LogP contribution in [0.4, 0.5) is 0 Å². The Bertz CT molecular complexity index is 684. The number of carboxylic acid groups (broad SMARTS) is 1. The molecule has 21 heavy (non-hydrogen) atoms. The topological polar surface area (TPSA) is 92.2 Å². The third kappa shape index (κ3) is 3.22. The predicted molar refractivity (Wildman–Crippen MR) is 76.1 cm³/mol. The standard InChI is InChI=1S/C15H15N3O3/c1-9-5-6-10(2)13(15(20)21)12(9)14(19)16-8-11-4-3-7-17-18-11/h3-7H,8H2,1-2H3,(H,16,19)(H,20,21). The second-order valence-corrected chi connectivity index (χ2v) is 4.65. The first kappa shape index (κ1) is 14.6. The normalized spacial score (nSPS) is 10.2. The van der Waals surface area contributed by atoms with Gasteiger partial charge in [0.1, 0.15) is 0 Å². The van der Waals surface area contributed by atoms with Gasteiger partial charge in [0.15, 0.2) is 0 Å². The smallest absolute Gasteiger partial charge is 0.336 e. The number of benzene rings is 1. The van der Waals surface area contributed by atoms with Gasteiger partial charge in [0.25, 0.3) is 5.91 Å². The van der Waals surface area contributed by atoms with Crippen molar-refractivity contribution in [2.45, 2.75) is 20.4 Å². The van der Waals surface area contributed by atoms with E-state index in [1.807, 2.05) is 0 Å². The second kappa shape index (κ2) is 6.13. The fourth-order valence-electron chi connectivity index (χ4n) is 2.07. The van der Waals surface area contributed by atoms with Crippen molar-refractivity contribution in [2.75, 3.05) is 0 Å². The van der Waals surface area contributed by atoms with Crippen LogP contribution in [0.15, 0.2) is 30.5 Å². The van der Waals surface area contributed by atoms with Gasteiger partial charge in [-0.3, -0.25) is 4.79 Å². The quantitative estimate of drug-likeness (QED) is 0.892. The molecule has 6 heteroatoms. The third-order valence-electron chi connectivity index (χ3n) is 3.12. The summed E-state index contributed by atoms with van der Waals surface area (Å²) in [5, 5.41) is 19.6. The van der Waals surface area contributed by atoms with Gasteiger partial charge in [-0.2, -0.15) is 10.2 Å². The Morgan fingerprint density at radius 3 is 2.38 bits per heavy atom. The molecule has 2 rings (SSSR count). The first-order valence-corrected chi connectivity index (χ1v) is 6.39. The van der Waals surface area contributed by atoms with E-state index in [-0.39, 0.29) is 17.7 Å². The van der Waals surface area contributed by atoms with Crippen molar-refractivity contribution >= 4 is 11.9 Å². The monoisotopic (exact) mass is 285 g/mol. The molecule has 0 atom stereocenters. The number of amides is 1. The van der Waals surface area contributed by atoms with Crippen LogP contribution in [0.25, 0.3) is 0 Å². The maximum absolute atomic E-state index is 12.3. The average Bonchev–Trinajstić information content (AvgIpc) is 2.47. The van der Waals surface area contributed by atoms with Crippen molar-refractivity contribution in [3.63, 3.8) is 0 Å². The Labute approximate surface area is 121 Å². The molecular formula is C15H15N3O3. The van der Waals surface area contributed by atoms with E-state index < -0.39 is 11.9 Å². The summed E-state index contributed by atoms with van der Waals surface area (Å²) in [6.07, 6.45) is 1.54. The lowest BCUT2D eigenvalue weighted by Crippen LogP contribution is -2.27. The van der Waals surface area contributed by atoms with Gasteiger partial charge in [-0.05, 0) is 37.1 Å². The molecule has 0 spiro atoms. The molecule has 0 saturated heterocycles. The first-order valence-electron chi connectivity index (χ1n) is 6.39. The van der Waals surface area contributed by atoms with Gasteiger partial charge in [0, 0.05) is 6.20 Å². The maximum atomic E-state index is 12.3. The zero-order chi connectivity index (χ0) is 15.4. The minimum atomic E-state index is -1.11. The van der Waals surface area contributed by atoms with Crippen LogP contribution in [0, 0.1) is 13.8 Å². The van der Waals surface area contributed by atoms with Crippen LogP contribution < -0.4 is 5.32 Å². The fraction of sp³-hybridized carbons (Fsp3) is 0.200. The van der Waals surface area contributed by atoms with Gasteiger partial charge in [-0.15, -0.1) is 0 Å². The highest BCUT2D eigenvalue weighted by Gasteiger charge is 2.21. The SMILES string of the molecule is Cc1ccc(C)c(C(=O)NCc2cccnn2)c1C(=O)O. The first-order chi connectivity index (χ1) is 10.0. The summed E-state index contributed by atoms with van der Waals surface area (Å²) in [6, 6.07) is 6.88. The number of nitrogens with zero attached hydrogens (tertiary/aromatic N) is 2. The van der Waals surface area contributed by atoms with E-state index in [1.165, 1.54) is 0 Å². The van der Waals surface area contributed by atoms with Crippen LogP contribution in [0.5, 0.6) is 0 Å². The lowest BCUT2D eigenvalue weighted by molar-refractivity contribution is 0.0690. The summed E-state index contributed by atoms with van der Waals surface area (Å²) >= 11 is 0. The number of nitrogens with one attached hydrogen (secondary N) is 1. The van der Waals surface area contributed by atoms with Crippen LogP contribution in [0.2, 0.25) is 0 Å². The highest BCUT2D eigenvalue weighted by molar-refractivity contribution is 6.06. The van der Waals surface area contributed by atoms with Crippen LogP contribution in [-0.2, 0) is 6.54 Å². The molecule has 0 aliphatic rings. The van der Waals surface area contributed by atoms with Gasteiger partial charge < -0.3 is 10.4 Å². The lowest BCUT2D eigenvalue weighted by atomic mass is 9.96. The molecule has 2 aromatic rings. The molecule has 0 aliphatic carbocycles. The Morgan fingerprint density at radius 1 is 1.14 bits per heavy atom. The summed E-state index contributed by atoms with van der Waals surface area (Å²) in [7, 11) is 0. The number of carboxylic acids is 1. The van der Waals surface area contributed by atoms with Gasteiger partial charge >= 0.3 is 5.97 Å². The maximum Gasteiger partial charge on any atom is 0.336 e. The highest BCUT2D eigenvalue weighted by Crippen LogP contribution is 2.19. The zero-order valence-electron chi connectivity index (χ0n) is 11.8. The van der Waals surface area contributed by atoms with Crippen LogP contribution in [0.1, 0.15) is 37.5 Å². The summed E-state index contributed by atoms with van der Waals surface area (Å²) in [5.74, 6) is -1.54. The number of hydrogen-bond donors (Lipinski definition) is 2. The molecule has 0 saturated carbocycles.